The number of hydrogen-bond acceptors (Lipinski definition) is 3. The van der Waals surface area contributed by atoms with Gasteiger partial charge in [-0.2, -0.15) is 57.1 Å². The summed E-state index contributed by atoms with van der Waals surface area (Å²) in [5, 5.41) is -7.51. The Morgan fingerprint density at radius 2 is 1.10 bits per heavy atom. The van der Waals surface area contributed by atoms with E-state index in [9.17, 15) is 74.4 Å². The number of rotatable bonds is 10. The maximum Gasteiger partial charge on any atom is 0.402 e. The Labute approximate surface area is 158 Å². The molecule has 4 nitrogen and oxygen atoms in total. The molecule has 0 aliphatic heterocycles. The van der Waals surface area contributed by atoms with Crippen molar-refractivity contribution in [2.75, 3.05) is 0 Å². The van der Waals surface area contributed by atoms with Gasteiger partial charge >= 0.3 is 35.1 Å². The van der Waals surface area contributed by atoms with Gasteiger partial charge in [-0.3, -0.25) is 0 Å². The quantitative estimate of drug-likeness (QED) is 0.241. The van der Waals surface area contributed by atoms with Crippen molar-refractivity contribution in [3.63, 3.8) is 0 Å². The van der Waals surface area contributed by atoms with Crippen molar-refractivity contribution in [2.45, 2.75) is 67.0 Å². The van der Waals surface area contributed by atoms with E-state index >= 15 is 0 Å². The van der Waals surface area contributed by atoms with Crippen LogP contribution in [0.3, 0.4) is 0 Å². The molecule has 1 unspecified atom stereocenters. The lowest BCUT2D eigenvalue weighted by Gasteiger charge is -2.40. The van der Waals surface area contributed by atoms with Gasteiger partial charge in [0, 0.05) is 6.42 Å². The average Bonchev–Trinajstić information content (AvgIpc) is 2.48. The summed E-state index contributed by atoms with van der Waals surface area (Å²) in [6.45, 7) is 0. The molecule has 0 amide bonds. The van der Waals surface area contributed by atoms with E-state index in [0.717, 1.165) is 0 Å². The van der Waals surface area contributed by atoms with Crippen molar-refractivity contribution < 1.29 is 74.4 Å². The van der Waals surface area contributed by atoms with Gasteiger partial charge in [0.2, 0.25) is 0 Å². The van der Waals surface area contributed by atoms with Gasteiger partial charge in [0.05, 0.1) is 0 Å². The van der Waals surface area contributed by atoms with Crippen molar-refractivity contribution in [1.29, 1.82) is 0 Å². The first kappa shape index (κ1) is 31.1. The highest BCUT2D eigenvalue weighted by atomic mass is 32.2. The van der Waals surface area contributed by atoms with Gasteiger partial charge in [-0.25, -0.2) is 12.8 Å². The molecule has 1 atom stereocenters. The zero-order valence-corrected chi connectivity index (χ0v) is 15.1. The minimum absolute atomic E-state index is 0. The fourth-order valence-corrected chi connectivity index (χ4v) is 2.22. The van der Waals surface area contributed by atoms with E-state index in [0.29, 0.717) is 0 Å². The molecule has 0 rings (SSSR count). The highest BCUT2D eigenvalue weighted by molar-refractivity contribution is 7.86. The van der Waals surface area contributed by atoms with Crippen LogP contribution in [0, 0.1) is 0 Å². The van der Waals surface area contributed by atoms with Gasteiger partial charge in [-0.1, -0.05) is 0 Å². The van der Waals surface area contributed by atoms with E-state index in [1.807, 2.05) is 0 Å². The fourth-order valence-electron chi connectivity index (χ4n) is 1.77. The minimum Gasteiger partial charge on any atom is -0.743 e. The van der Waals surface area contributed by atoms with Crippen molar-refractivity contribution in [3.05, 3.63) is 0 Å². The molecule has 0 aromatic rings. The number of quaternary nitrogens is 1. The molecule has 0 aromatic heterocycles. The number of hydrogen-bond donors (Lipinski definition) is 1. The van der Waals surface area contributed by atoms with Crippen LogP contribution < -0.4 is 6.15 Å². The number of halogens is 14. The molecule has 0 spiro atoms. The summed E-state index contributed by atoms with van der Waals surface area (Å²) in [4.78, 5) is 0. The second-order valence-corrected chi connectivity index (χ2v) is 7.07. The van der Waals surface area contributed by atoms with Crippen LogP contribution in [0.5, 0.6) is 0 Å². The van der Waals surface area contributed by atoms with Crippen molar-refractivity contribution in [2.24, 2.45) is 0 Å². The van der Waals surface area contributed by atoms with E-state index in [1.54, 1.807) is 0 Å². The van der Waals surface area contributed by atoms with E-state index in [2.05, 4.69) is 0 Å². The van der Waals surface area contributed by atoms with Crippen LogP contribution in [0.1, 0.15) is 25.7 Å². The summed E-state index contributed by atoms with van der Waals surface area (Å²) in [7, 11) is -7.79. The predicted octanol–water partition coefficient (Wildman–Crippen LogP) is 5.50. The molecule has 0 heterocycles. The van der Waals surface area contributed by atoms with Gasteiger partial charge in [0.25, 0.3) is 0 Å². The number of unbranched alkanes of at least 4 members (excludes halogenated alkanes) is 1. The third-order valence-electron chi connectivity index (χ3n) is 3.45. The summed E-state index contributed by atoms with van der Waals surface area (Å²) < 4.78 is 210. The van der Waals surface area contributed by atoms with Crippen LogP contribution >= 0.6 is 0 Å². The van der Waals surface area contributed by atoms with Gasteiger partial charge in [0.1, 0.15) is 0 Å². The maximum atomic E-state index is 13.3. The van der Waals surface area contributed by atoms with Crippen molar-refractivity contribution >= 4 is 10.1 Å². The second kappa shape index (κ2) is 8.79. The smallest absolute Gasteiger partial charge is 0.402 e. The van der Waals surface area contributed by atoms with E-state index in [-0.39, 0.29) is 6.15 Å². The largest absolute Gasteiger partial charge is 0.743 e. The molecule has 0 aromatic carbocycles. The van der Waals surface area contributed by atoms with E-state index < -0.39 is 77.1 Å². The lowest BCUT2D eigenvalue weighted by Crippen LogP contribution is -2.70. The summed E-state index contributed by atoms with van der Waals surface area (Å²) in [5.74, 6) is -30.5. The Bertz CT molecular complexity index is 675. The van der Waals surface area contributed by atoms with Crippen LogP contribution in [-0.2, 0) is 10.1 Å². The lowest BCUT2D eigenvalue weighted by molar-refractivity contribution is -0.397. The Morgan fingerprint density at radius 3 is 1.43 bits per heavy atom. The molecule has 0 saturated carbocycles. The SMILES string of the molecule is O=S(=O)([O-])C(F)(F)C(F)(F)C(F)(F)C(F)(F)C(F)(F)C(F)CCCCC(F)(F)F.[NH4+]. The summed E-state index contributed by atoms with van der Waals surface area (Å²) in [6, 6.07) is 0. The third-order valence-corrected chi connectivity index (χ3v) is 4.33. The standard InChI is InChI=1S/C11H10F14O3S.H3N/c12-5(3-1-2-4-6(13,14)15)7(16,17)8(18,19)9(20,21)10(22,23)11(24,25)29(26,27)28;/h5H,1-4H2,(H,26,27,28);1H3. The molecule has 0 saturated heterocycles. The average molecular weight is 505 g/mol. The predicted molar refractivity (Wildman–Crippen MR) is 69.8 cm³/mol. The second-order valence-electron chi connectivity index (χ2n) is 5.65. The van der Waals surface area contributed by atoms with E-state index in [1.165, 1.54) is 0 Å². The van der Waals surface area contributed by atoms with Crippen LogP contribution in [0.15, 0.2) is 0 Å². The summed E-state index contributed by atoms with van der Waals surface area (Å²) in [5.41, 5.74) is 0. The number of alkyl halides is 14. The zero-order chi connectivity index (χ0) is 23.9. The fraction of sp³-hybridized carbons (Fsp3) is 1.00. The van der Waals surface area contributed by atoms with Crippen LogP contribution in [0.2, 0.25) is 0 Å². The Morgan fingerprint density at radius 1 is 0.700 bits per heavy atom. The van der Waals surface area contributed by atoms with Gasteiger partial charge < -0.3 is 10.7 Å². The first-order valence-corrected chi connectivity index (χ1v) is 8.34. The molecule has 0 aliphatic rings. The monoisotopic (exact) mass is 505 g/mol. The topological polar surface area (TPSA) is 93.7 Å². The first-order valence-electron chi connectivity index (χ1n) is 6.93. The minimum atomic E-state index is -7.99. The van der Waals surface area contributed by atoms with Gasteiger partial charge in [-0.05, 0) is 19.3 Å². The molecule has 30 heavy (non-hydrogen) atoms. The Hall–Kier alpha value is -1.11. The van der Waals surface area contributed by atoms with Gasteiger partial charge in [0.15, 0.2) is 16.3 Å². The molecule has 184 valence electrons. The Balaban J connectivity index is 0. The molecule has 0 radical (unpaired) electrons. The van der Waals surface area contributed by atoms with Crippen LogP contribution in [0.4, 0.5) is 61.5 Å². The zero-order valence-electron chi connectivity index (χ0n) is 14.3. The Kier molecular flexibility index (Phi) is 9.11. The molecular weight excluding hydrogens is 492 g/mol. The molecule has 19 heteroatoms. The van der Waals surface area contributed by atoms with Crippen molar-refractivity contribution in [3.8, 4) is 0 Å². The maximum absolute atomic E-state index is 13.3. The lowest BCUT2D eigenvalue weighted by atomic mass is 9.93. The molecular formula is C11H13F14NO3S. The van der Waals surface area contributed by atoms with Crippen LogP contribution in [0.25, 0.3) is 0 Å². The molecule has 0 bridgehead atoms. The van der Waals surface area contributed by atoms with Crippen LogP contribution in [-0.4, -0.2) is 54.3 Å². The highest BCUT2D eigenvalue weighted by Crippen LogP contribution is 2.59. The van der Waals surface area contributed by atoms with Gasteiger partial charge in [-0.15, -0.1) is 0 Å². The summed E-state index contributed by atoms with van der Waals surface area (Å²) >= 11 is 0. The molecule has 0 aliphatic carbocycles. The van der Waals surface area contributed by atoms with Crippen molar-refractivity contribution in [1.82, 2.24) is 6.15 Å². The molecule has 4 N–H and O–H groups in total. The molecule has 0 fully saturated rings. The van der Waals surface area contributed by atoms with E-state index in [4.69, 9.17) is 0 Å². The highest BCUT2D eigenvalue weighted by Gasteiger charge is 2.88. The summed E-state index contributed by atoms with van der Waals surface area (Å²) in [6.07, 6.45) is -15.6. The first-order chi connectivity index (χ1) is 12.4. The normalized spacial score (nSPS) is 16.2. The third kappa shape index (κ3) is 5.38.